The number of fused-ring (bicyclic) bond motifs is 2. The van der Waals surface area contributed by atoms with Gasteiger partial charge in [-0.05, 0) is 123 Å². The van der Waals surface area contributed by atoms with E-state index in [4.69, 9.17) is 16.1 Å². The number of hydrogen-bond donors (Lipinski definition) is 8. The highest BCUT2D eigenvalue weighted by Crippen LogP contribution is 2.26. The summed E-state index contributed by atoms with van der Waals surface area (Å²) in [6.07, 6.45) is 9.75. The standard InChI is InChI=1S/C20H26N4O3.C18H24N4O3/c21-17-6-4-16-13-18(7-5-15(16)12-17)22-20(26)24-10-8-14(9-11-24)2-1-3-19(25)23-27;23-17(21-25)3-1-2-13-7-10-22(11-8-13)18(24)20-15-4-5-16-14(12-15)6-9-19-16/h4-7,12-14,27H,1-3,8-11,21H2,(H,22,26)(H,23,25);4-6,9,12-13,19,25H,1-3,7-8,10-11H2,(H,20,24)(H,21,23). The summed E-state index contributed by atoms with van der Waals surface area (Å²) in [4.78, 5) is 53.8. The largest absolute Gasteiger partial charge is 0.399 e. The van der Waals surface area contributed by atoms with E-state index < -0.39 is 0 Å². The number of amides is 6. The third-order valence-corrected chi connectivity index (χ3v) is 10.0. The zero-order valence-electron chi connectivity index (χ0n) is 29.4. The van der Waals surface area contributed by atoms with Gasteiger partial charge in [0.25, 0.3) is 0 Å². The Morgan fingerprint density at radius 2 is 1.13 bits per heavy atom. The molecule has 4 aromatic rings. The zero-order valence-corrected chi connectivity index (χ0v) is 29.4. The molecule has 6 rings (SSSR count). The Labute approximate surface area is 303 Å². The van der Waals surface area contributed by atoms with Crippen LogP contribution in [0.2, 0.25) is 0 Å². The summed E-state index contributed by atoms with van der Waals surface area (Å²) in [5.74, 6) is 0.375. The van der Waals surface area contributed by atoms with Crippen molar-refractivity contribution in [3.05, 3.63) is 66.9 Å². The van der Waals surface area contributed by atoms with E-state index in [9.17, 15) is 19.2 Å². The van der Waals surface area contributed by atoms with Crippen molar-refractivity contribution in [3.8, 4) is 0 Å². The second-order valence-electron chi connectivity index (χ2n) is 13.7. The van der Waals surface area contributed by atoms with Gasteiger partial charge in [0, 0.05) is 73.2 Å². The SMILES string of the molecule is Nc1ccc2cc(NC(=O)N3CCC(CCCC(=O)NO)CC3)ccc2c1.O=C(CCCC1CCN(C(=O)Nc2ccc3[nH]ccc3c2)CC1)NO. The van der Waals surface area contributed by atoms with Crippen molar-refractivity contribution >= 4 is 62.6 Å². The van der Waals surface area contributed by atoms with Crippen LogP contribution in [-0.4, -0.2) is 75.3 Å². The first-order valence-electron chi connectivity index (χ1n) is 18.0. The van der Waals surface area contributed by atoms with Crippen molar-refractivity contribution in [1.82, 2.24) is 25.7 Å². The zero-order chi connectivity index (χ0) is 36.9. The van der Waals surface area contributed by atoms with Crippen LogP contribution in [0.15, 0.2) is 66.9 Å². The lowest BCUT2D eigenvalue weighted by atomic mass is 9.91. The highest BCUT2D eigenvalue weighted by Gasteiger charge is 2.24. The molecule has 3 aromatic carbocycles. The average Bonchev–Trinajstić information content (AvgIpc) is 3.63. The summed E-state index contributed by atoms with van der Waals surface area (Å²) >= 11 is 0. The summed E-state index contributed by atoms with van der Waals surface area (Å²) in [5.41, 5.74) is 12.5. The van der Waals surface area contributed by atoms with Crippen molar-refractivity contribution in [2.24, 2.45) is 11.8 Å². The number of H-pyrrole nitrogens is 1. The maximum atomic E-state index is 12.5. The van der Waals surface area contributed by atoms with Crippen LogP contribution < -0.4 is 27.3 Å². The Bertz CT molecular complexity index is 1810. The van der Waals surface area contributed by atoms with Crippen LogP contribution in [0.3, 0.4) is 0 Å². The molecule has 9 N–H and O–H groups in total. The molecule has 14 nitrogen and oxygen atoms in total. The Morgan fingerprint density at radius 1 is 0.654 bits per heavy atom. The molecule has 6 amide bonds. The molecule has 0 aliphatic carbocycles. The Kier molecular flexibility index (Phi) is 13.7. The number of hydrogen-bond acceptors (Lipinski definition) is 7. The highest BCUT2D eigenvalue weighted by atomic mass is 16.5. The molecule has 0 bridgehead atoms. The van der Waals surface area contributed by atoms with E-state index in [0.717, 1.165) is 103 Å². The van der Waals surface area contributed by atoms with Crippen LogP contribution in [0, 0.1) is 11.8 Å². The first-order valence-corrected chi connectivity index (χ1v) is 18.0. The number of hydroxylamine groups is 2. The van der Waals surface area contributed by atoms with Gasteiger partial charge in [-0.25, -0.2) is 20.5 Å². The van der Waals surface area contributed by atoms with E-state index >= 15 is 0 Å². The first kappa shape index (κ1) is 37.9. The minimum Gasteiger partial charge on any atom is -0.399 e. The van der Waals surface area contributed by atoms with Crippen molar-refractivity contribution in [1.29, 1.82) is 0 Å². The molecule has 3 heterocycles. The number of aromatic amines is 1. The molecule has 14 heteroatoms. The fourth-order valence-electron chi connectivity index (χ4n) is 6.94. The number of nitrogens with one attached hydrogen (secondary N) is 5. The summed E-state index contributed by atoms with van der Waals surface area (Å²) in [6, 6.07) is 19.2. The summed E-state index contributed by atoms with van der Waals surface area (Å²) < 4.78 is 0. The number of nitrogens with two attached hydrogens (primary N) is 1. The Morgan fingerprint density at radius 3 is 1.67 bits per heavy atom. The van der Waals surface area contributed by atoms with Gasteiger partial charge >= 0.3 is 12.1 Å². The van der Waals surface area contributed by atoms with Gasteiger partial charge in [-0.2, -0.15) is 0 Å². The number of benzene rings is 3. The Balaban J connectivity index is 0.000000202. The monoisotopic (exact) mass is 714 g/mol. The molecular formula is C38H50N8O6. The van der Waals surface area contributed by atoms with Gasteiger partial charge in [0.2, 0.25) is 11.8 Å². The van der Waals surface area contributed by atoms with Crippen molar-refractivity contribution < 1.29 is 29.6 Å². The molecule has 2 fully saturated rings. The first-order chi connectivity index (χ1) is 25.2. The predicted molar refractivity (Wildman–Crippen MR) is 201 cm³/mol. The maximum Gasteiger partial charge on any atom is 0.321 e. The lowest BCUT2D eigenvalue weighted by Crippen LogP contribution is -2.41. The third kappa shape index (κ3) is 11.1. The van der Waals surface area contributed by atoms with Gasteiger partial charge in [-0.1, -0.05) is 12.1 Å². The number of urea groups is 2. The number of carbonyl (C=O) groups excluding carboxylic acids is 4. The molecular weight excluding hydrogens is 664 g/mol. The Hall–Kier alpha value is -5.34. The molecule has 0 atom stereocenters. The van der Waals surface area contributed by atoms with Crippen LogP contribution in [0.25, 0.3) is 21.7 Å². The number of aromatic nitrogens is 1. The molecule has 0 unspecified atom stereocenters. The van der Waals surface area contributed by atoms with Crippen molar-refractivity contribution in [2.45, 2.75) is 64.2 Å². The van der Waals surface area contributed by atoms with Gasteiger partial charge in [-0.15, -0.1) is 0 Å². The lowest BCUT2D eigenvalue weighted by molar-refractivity contribution is -0.130. The molecule has 0 saturated carbocycles. The molecule has 0 radical (unpaired) electrons. The van der Waals surface area contributed by atoms with Crippen LogP contribution in [0.5, 0.6) is 0 Å². The minimum absolute atomic E-state index is 0.0620. The fourth-order valence-corrected chi connectivity index (χ4v) is 6.94. The van der Waals surface area contributed by atoms with E-state index in [1.54, 1.807) is 11.0 Å². The summed E-state index contributed by atoms with van der Waals surface area (Å²) in [6.45, 7) is 2.89. The quantitative estimate of drug-likeness (QED) is 0.0525. The predicted octanol–water partition coefficient (Wildman–Crippen LogP) is 6.43. The smallest absolute Gasteiger partial charge is 0.321 e. The van der Waals surface area contributed by atoms with Gasteiger partial charge < -0.3 is 31.2 Å². The third-order valence-electron chi connectivity index (χ3n) is 10.0. The van der Waals surface area contributed by atoms with E-state index in [0.29, 0.717) is 37.8 Å². The van der Waals surface area contributed by atoms with Crippen molar-refractivity contribution in [3.63, 3.8) is 0 Å². The van der Waals surface area contributed by atoms with E-state index in [-0.39, 0.29) is 23.9 Å². The molecule has 52 heavy (non-hydrogen) atoms. The number of piperidine rings is 2. The average molecular weight is 715 g/mol. The topological polar surface area (TPSA) is 205 Å². The maximum absolute atomic E-state index is 12.5. The second kappa shape index (κ2) is 18.8. The molecule has 278 valence electrons. The summed E-state index contributed by atoms with van der Waals surface area (Å²) in [5, 5.41) is 26.1. The number of nitrogen functional groups attached to an aromatic ring is 1. The number of anilines is 3. The summed E-state index contributed by atoms with van der Waals surface area (Å²) in [7, 11) is 0. The van der Waals surface area contributed by atoms with Gasteiger partial charge in [-0.3, -0.25) is 20.0 Å². The fraction of sp³-hybridized carbons (Fsp3) is 0.421. The van der Waals surface area contributed by atoms with Gasteiger partial charge in [0.15, 0.2) is 0 Å². The normalized spacial score (nSPS) is 15.1. The van der Waals surface area contributed by atoms with E-state index in [1.165, 1.54) is 0 Å². The van der Waals surface area contributed by atoms with Crippen LogP contribution in [-0.2, 0) is 9.59 Å². The van der Waals surface area contributed by atoms with Crippen LogP contribution in [0.4, 0.5) is 26.7 Å². The minimum atomic E-state index is -0.343. The van der Waals surface area contributed by atoms with Gasteiger partial charge in [0.1, 0.15) is 0 Å². The molecule has 2 aliphatic rings. The van der Waals surface area contributed by atoms with E-state index in [1.807, 2.05) is 76.7 Å². The number of likely N-dealkylation sites (tertiary alicyclic amines) is 2. The van der Waals surface area contributed by atoms with Gasteiger partial charge in [0.05, 0.1) is 0 Å². The molecule has 2 saturated heterocycles. The molecule has 1 aromatic heterocycles. The highest BCUT2D eigenvalue weighted by molar-refractivity contribution is 5.95. The second-order valence-corrected chi connectivity index (χ2v) is 13.7. The van der Waals surface area contributed by atoms with E-state index in [2.05, 4.69) is 15.6 Å². The van der Waals surface area contributed by atoms with Crippen molar-refractivity contribution in [2.75, 3.05) is 42.5 Å². The molecule has 0 spiro atoms. The van der Waals surface area contributed by atoms with Crippen LogP contribution in [0.1, 0.15) is 64.2 Å². The number of nitrogens with zero attached hydrogens (tertiary/aromatic N) is 2. The molecule has 2 aliphatic heterocycles. The lowest BCUT2D eigenvalue weighted by Gasteiger charge is -2.32. The van der Waals surface area contributed by atoms with Crippen LogP contribution >= 0.6 is 0 Å². The number of rotatable bonds is 10. The number of carbonyl (C=O) groups is 4.